The number of hydrogen-bond donors (Lipinski definition) is 0. The molecule has 0 N–H and O–H groups in total. The van der Waals surface area contributed by atoms with Gasteiger partial charge in [0, 0.05) is 11.2 Å². The average molecular weight is 742 g/mol. The van der Waals surface area contributed by atoms with E-state index in [1.54, 1.807) is 10.7 Å². The number of non-ortho nitro benzene ring substituents is 1. The predicted molar refractivity (Wildman–Crippen MR) is 189 cm³/mol. The largest absolute Gasteiger partial charge is 0.517 e. The number of nitro groups is 1. The molecule has 0 unspecified atom stereocenters. The molecule has 0 aromatic heterocycles. The molecule has 8 heteroatoms. The van der Waals surface area contributed by atoms with Crippen molar-refractivity contribution in [2.24, 2.45) is 0 Å². The van der Waals surface area contributed by atoms with Crippen LogP contribution in [0.3, 0.4) is 0 Å². The first-order valence-electron chi connectivity index (χ1n) is 15.5. The summed E-state index contributed by atoms with van der Waals surface area (Å²) in [6, 6.07) is 18.3. The van der Waals surface area contributed by atoms with Gasteiger partial charge in [0.2, 0.25) is 0 Å². The minimum Gasteiger partial charge on any atom is -0.517 e. The Morgan fingerprint density at radius 1 is 0.933 bits per heavy atom. The van der Waals surface area contributed by atoms with Gasteiger partial charge in [0.25, 0.3) is 0 Å². The maximum atomic E-state index is 10.7. The van der Waals surface area contributed by atoms with E-state index < -0.39 is 18.4 Å². The second-order valence-corrected chi connectivity index (χ2v) is 19.6. The Morgan fingerprint density at radius 3 is 1.96 bits per heavy atom. The van der Waals surface area contributed by atoms with Crippen LogP contribution in [0.5, 0.6) is 5.75 Å². The van der Waals surface area contributed by atoms with E-state index in [0.717, 1.165) is 6.42 Å². The summed E-state index contributed by atoms with van der Waals surface area (Å²) in [4.78, 5) is 12.8. The normalized spacial score (nSPS) is 17.8. The Kier molecular flexibility index (Phi) is 12.5. The van der Waals surface area contributed by atoms with Gasteiger partial charge in [-0.25, -0.2) is 6.54 Å². The summed E-state index contributed by atoms with van der Waals surface area (Å²) in [6.07, 6.45) is 1.10. The minimum atomic E-state index is -2.05. The van der Waals surface area contributed by atoms with Crippen LogP contribution >= 0.6 is 19.4 Å². The van der Waals surface area contributed by atoms with Crippen molar-refractivity contribution < 1.29 is 23.2 Å². The Hall–Kier alpha value is -2.27. The quantitative estimate of drug-likeness (QED) is 0.0998. The summed E-state index contributed by atoms with van der Waals surface area (Å²) in [7, 11) is 11.6. The van der Waals surface area contributed by atoms with E-state index in [0.29, 0.717) is 23.1 Å². The zero-order valence-electron chi connectivity index (χ0n) is 28.5. The number of halogens is 2. The molecule has 0 amide bonds. The van der Waals surface area contributed by atoms with Gasteiger partial charge in [-0.05, 0) is 57.1 Å². The summed E-state index contributed by atoms with van der Waals surface area (Å²) in [6.45, 7) is 27.2. The molecule has 248 valence electrons. The van der Waals surface area contributed by atoms with Crippen LogP contribution in [0.25, 0.3) is 0 Å². The number of hydrogen-bond acceptors (Lipinski definition) is 4. The van der Waals surface area contributed by atoms with Crippen molar-refractivity contribution in [2.75, 3.05) is 4.90 Å². The molecule has 3 aromatic carbocycles. The van der Waals surface area contributed by atoms with Gasteiger partial charge >= 0.3 is 112 Å². The van der Waals surface area contributed by atoms with Gasteiger partial charge < -0.3 is 4.90 Å². The van der Waals surface area contributed by atoms with E-state index in [2.05, 4.69) is 110 Å². The van der Waals surface area contributed by atoms with Gasteiger partial charge in [-0.2, -0.15) is 0 Å². The molecule has 5 nitrogen and oxygen atoms in total. The molecule has 1 heterocycles. The van der Waals surface area contributed by atoms with Crippen LogP contribution < -0.4 is 9.64 Å². The molecular formula is C37H49Cl2N2O3Ru-. The van der Waals surface area contributed by atoms with E-state index in [4.69, 9.17) is 24.1 Å². The standard InChI is InChI=1S/C27H38N.C10H11NO3.2ClH.Ru/c1-18(2)23-11-10-12-24(19(3)4)25(23)28-17-27(9,16-26(28,7)8)22-14-20(5)13-21(6)15-22;1-7(2)14-10-5-4-9(11(12)13)6-8(10)3;;;/h10-15,17-19H,16H2,1-9H3;3-7H,1-2H3;2*1H;/q-1;;;;+2/p-2/t27-;;;;/m1..../s1. The third kappa shape index (κ3) is 9.40. The summed E-state index contributed by atoms with van der Waals surface area (Å²) < 4.78 is 7.17. The summed E-state index contributed by atoms with van der Waals surface area (Å²) in [5.41, 5.74) is 9.18. The van der Waals surface area contributed by atoms with Crippen LogP contribution in [-0.4, -0.2) is 21.2 Å². The molecule has 1 atom stereocenters. The molecule has 1 aliphatic rings. The van der Waals surface area contributed by atoms with E-state index in [-0.39, 0.29) is 22.7 Å². The van der Waals surface area contributed by atoms with Gasteiger partial charge in [0.05, 0.1) is 0 Å². The van der Waals surface area contributed by atoms with Crippen LogP contribution in [0, 0.1) is 30.5 Å². The molecule has 0 radical (unpaired) electrons. The molecule has 1 fully saturated rings. The van der Waals surface area contributed by atoms with Crippen LogP contribution in [0.2, 0.25) is 0 Å². The maximum absolute atomic E-state index is 10.7. The first kappa shape index (κ1) is 37.2. The van der Waals surface area contributed by atoms with E-state index in [1.807, 2.05) is 13.8 Å². The Morgan fingerprint density at radius 2 is 1.49 bits per heavy atom. The van der Waals surface area contributed by atoms with Crippen LogP contribution in [0.4, 0.5) is 11.4 Å². The van der Waals surface area contributed by atoms with Gasteiger partial charge in [-0.15, -0.1) is 5.41 Å². The zero-order valence-corrected chi connectivity index (χ0v) is 31.8. The van der Waals surface area contributed by atoms with Crippen molar-refractivity contribution in [3.05, 3.63) is 105 Å². The number of nitro benzene ring substituents is 1. The molecule has 0 bridgehead atoms. The number of nitrogens with zero attached hydrogens (tertiary/aromatic N) is 2. The summed E-state index contributed by atoms with van der Waals surface area (Å²) in [5.74, 6) is 1.57. The average Bonchev–Trinajstić information content (AvgIpc) is 3.17. The molecule has 45 heavy (non-hydrogen) atoms. The van der Waals surface area contributed by atoms with Crippen molar-refractivity contribution in [1.82, 2.24) is 0 Å². The van der Waals surface area contributed by atoms with Gasteiger partial charge in [0.15, 0.2) is 0 Å². The fraction of sp³-hybridized carbons (Fsp3) is 0.459. The monoisotopic (exact) mass is 741 g/mol. The van der Waals surface area contributed by atoms with Gasteiger partial charge in [0.1, 0.15) is 0 Å². The number of aryl methyl sites for hydroxylation is 2. The maximum Gasteiger partial charge on any atom is 0.0145 e. The third-order valence-electron chi connectivity index (χ3n) is 8.08. The minimum absolute atomic E-state index is 0.00360. The molecule has 0 spiro atoms. The number of anilines is 1. The Bertz CT molecular complexity index is 1500. The molecule has 0 saturated carbocycles. The molecule has 1 saturated heterocycles. The SMILES string of the molecule is CC(C)Oc1ccc([N+](=O)[O-])cc1[CH]=[Ru]([Cl])[Cl].Cc1cc(C)cc([C@@]2(C)[CH-]N(c3c(C(C)C)cccc3C(C)C)C(C)(C)C2)c1. The van der Waals surface area contributed by atoms with E-state index >= 15 is 0 Å². The summed E-state index contributed by atoms with van der Waals surface area (Å²) >= 11 is -2.05. The second-order valence-electron chi connectivity index (χ2n) is 13.8. The third-order valence-corrected chi connectivity index (χ3v) is 9.92. The van der Waals surface area contributed by atoms with E-state index in [1.165, 1.54) is 45.6 Å². The fourth-order valence-corrected chi connectivity index (χ4v) is 8.09. The van der Waals surface area contributed by atoms with Crippen LogP contribution in [0.15, 0.2) is 54.6 Å². The molecule has 4 rings (SSSR count). The van der Waals surface area contributed by atoms with Gasteiger partial charge in [-0.3, -0.25) is 0 Å². The van der Waals surface area contributed by atoms with Crippen molar-refractivity contribution in [3.63, 3.8) is 0 Å². The smallest absolute Gasteiger partial charge is 0.0145 e. The molecule has 1 aliphatic heterocycles. The Labute approximate surface area is 283 Å². The Balaban J connectivity index is 0.000000279. The number of benzene rings is 3. The number of para-hydroxylation sites is 1. The zero-order chi connectivity index (χ0) is 33.9. The molecular weight excluding hydrogens is 692 g/mol. The first-order chi connectivity index (χ1) is 20.8. The summed E-state index contributed by atoms with van der Waals surface area (Å²) in [5, 5.41) is 10.7. The van der Waals surface area contributed by atoms with Crippen LogP contribution in [-0.2, 0) is 18.9 Å². The fourth-order valence-electron chi connectivity index (χ4n) is 6.30. The number of ether oxygens (including phenoxy) is 1. The van der Waals surface area contributed by atoms with Crippen molar-refractivity contribution in [1.29, 1.82) is 0 Å². The van der Waals surface area contributed by atoms with Crippen molar-refractivity contribution >= 4 is 35.4 Å². The topological polar surface area (TPSA) is 55.6 Å². The van der Waals surface area contributed by atoms with Crippen molar-refractivity contribution in [3.8, 4) is 5.75 Å². The predicted octanol–water partition coefficient (Wildman–Crippen LogP) is 11.1. The van der Waals surface area contributed by atoms with E-state index in [9.17, 15) is 10.1 Å². The second kappa shape index (κ2) is 15.1. The first-order valence-corrected chi connectivity index (χ1v) is 21.0. The van der Waals surface area contributed by atoms with Crippen LogP contribution in [0.1, 0.15) is 114 Å². The van der Waals surface area contributed by atoms with Crippen molar-refractivity contribution in [2.45, 2.75) is 111 Å². The number of rotatable bonds is 8. The van der Waals surface area contributed by atoms with Gasteiger partial charge in [-0.1, -0.05) is 87.7 Å². The molecule has 3 aromatic rings. The molecule has 0 aliphatic carbocycles.